The summed E-state index contributed by atoms with van der Waals surface area (Å²) in [5.41, 5.74) is -5.74. The molecule has 0 aromatic heterocycles. The molecule has 0 atom stereocenters. The summed E-state index contributed by atoms with van der Waals surface area (Å²) < 4.78 is 73.2. The summed E-state index contributed by atoms with van der Waals surface area (Å²) in [6.45, 7) is 3.49. The molecule has 128 valence electrons. The second-order valence-corrected chi connectivity index (χ2v) is 5.68. The number of esters is 1. The Hall–Kier alpha value is -2.23. The number of methoxy groups -OCH3 is 2. The Morgan fingerprint density at radius 3 is 2.35 bits per heavy atom. The maximum atomic E-state index is 12.5. The lowest BCUT2D eigenvalue weighted by atomic mass is 10.1. The van der Waals surface area contributed by atoms with Crippen molar-refractivity contribution in [2.75, 3.05) is 14.2 Å². The van der Waals surface area contributed by atoms with Crippen LogP contribution in [0.3, 0.4) is 0 Å². The monoisotopic (exact) mass is 354 g/mol. The number of carbonyl (C=O) groups is 1. The molecule has 23 heavy (non-hydrogen) atoms. The summed E-state index contributed by atoms with van der Waals surface area (Å²) in [4.78, 5) is 11.7. The predicted molar refractivity (Wildman–Crippen MR) is 73.8 cm³/mol. The van der Waals surface area contributed by atoms with Crippen LogP contribution in [0.5, 0.6) is 11.5 Å². The van der Waals surface area contributed by atoms with Gasteiger partial charge in [-0.15, -0.1) is 6.58 Å². The van der Waals surface area contributed by atoms with E-state index in [9.17, 15) is 26.4 Å². The summed E-state index contributed by atoms with van der Waals surface area (Å²) in [7, 11) is -3.91. The third-order valence-electron chi connectivity index (χ3n) is 2.60. The van der Waals surface area contributed by atoms with Crippen LogP contribution >= 0.6 is 0 Å². The van der Waals surface area contributed by atoms with Crippen molar-refractivity contribution in [3.8, 4) is 11.5 Å². The first-order valence-electron chi connectivity index (χ1n) is 5.98. The molecule has 0 bridgehead atoms. The minimum atomic E-state index is -5.98. The highest BCUT2D eigenvalue weighted by Gasteiger charge is 2.49. The van der Waals surface area contributed by atoms with Gasteiger partial charge in [-0.1, -0.05) is 6.08 Å². The molecule has 0 fully saturated rings. The van der Waals surface area contributed by atoms with Crippen LogP contribution < -0.4 is 8.92 Å². The van der Waals surface area contributed by atoms with Crippen molar-refractivity contribution in [1.82, 2.24) is 0 Å². The molecule has 10 heteroatoms. The van der Waals surface area contributed by atoms with E-state index in [0.29, 0.717) is 5.56 Å². The van der Waals surface area contributed by atoms with Crippen molar-refractivity contribution in [3.05, 3.63) is 35.9 Å². The van der Waals surface area contributed by atoms with E-state index in [2.05, 4.69) is 15.5 Å². The van der Waals surface area contributed by atoms with E-state index >= 15 is 0 Å². The van der Waals surface area contributed by atoms with E-state index in [-0.39, 0.29) is 12.2 Å². The Kier molecular flexibility index (Phi) is 5.65. The van der Waals surface area contributed by atoms with Crippen LogP contribution in [-0.2, 0) is 21.3 Å². The van der Waals surface area contributed by atoms with Gasteiger partial charge in [-0.25, -0.2) is 4.79 Å². The summed E-state index contributed by atoms with van der Waals surface area (Å²) in [5.74, 6) is -2.34. The number of hydrogen-bond donors (Lipinski definition) is 0. The third-order valence-corrected chi connectivity index (χ3v) is 3.55. The van der Waals surface area contributed by atoms with E-state index in [1.807, 2.05) is 0 Å². The SMILES string of the molecule is C=CCc1cc(OC)c(OS(=O)(=O)C(F)(F)F)c(C(=O)OC)c1. The molecule has 0 spiro atoms. The predicted octanol–water partition coefficient (Wildman–Crippen LogP) is 2.44. The van der Waals surface area contributed by atoms with Crippen molar-refractivity contribution in [1.29, 1.82) is 0 Å². The van der Waals surface area contributed by atoms with Crippen molar-refractivity contribution in [2.24, 2.45) is 0 Å². The lowest BCUT2D eigenvalue weighted by molar-refractivity contribution is -0.0501. The number of alkyl halides is 3. The number of carbonyl (C=O) groups excluding carboxylic acids is 1. The van der Waals surface area contributed by atoms with Gasteiger partial charge in [0.15, 0.2) is 11.5 Å². The van der Waals surface area contributed by atoms with Gasteiger partial charge in [-0.3, -0.25) is 0 Å². The first-order chi connectivity index (χ1) is 10.6. The molecular formula is C13H13F3O6S. The molecule has 6 nitrogen and oxygen atoms in total. The molecule has 0 N–H and O–H groups in total. The zero-order valence-electron chi connectivity index (χ0n) is 12.1. The molecule has 0 aliphatic heterocycles. The van der Waals surface area contributed by atoms with Crippen LogP contribution in [-0.4, -0.2) is 34.1 Å². The zero-order chi connectivity index (χ0) is 17.8. The van der Waals surface area contributed by atoms with Gasteiger partial charge in [0.05, 0.1) is 14.2 Å². The van der Waals surface area contributed by atoms with Gasteiger partial charge >= 0.3 is 21.6 Å². The minimum absolute atomic E-state index is 0.257. The van der Waals surface area contributed by atoms with Gasteiger partial charge < -0.3 is 13.7 Å². The maximum Gasteiger partial charge on any atom is 0.534 e. The fourth-order valence-electron chi connectivity index (χ4n) is 1.60. The standard InChI is InChI=1S/C13H13F3O6S/c1-4-5-8-6-9(12(17)21-3)11(10(7-8)20-2)22-23(18,19)13(14,15)16/h4,6-7H,1,5H2,2-3H3. The Balaban J connectivity index is 3.56. The molecule has 0 unspecified atom stereocenters. The second kappa shape index (κ2) is 6.90. The molecular weight excluding hydrogens is 341 g/mol. The smallest absolute Gasteiger partial charge is 0.493 e. The largest absolute Gasteiger partial charge is 0.534 e. The van der Waals surface area contributed by atoms with Gasteiger partial charge in [-0.05, 0) is 24.1 Å². The Morgan fingerprint density at radius 1 is 1.30 bits per heavy atom. The van der Waals surface area contributed by atoms with E-state index in [1.54, 1.807) is 0 Å². The number of benzene rings is 1. The van der Waals surface area contributed by atoms with Crippen LogP contribution in [0.2, 0.25) is 0 Å². The van der Waals surface area contributed by atoms with E-state index in [1.165, 1.54) is 12.1 Å². The van der Waals surface area contributed by atoms with Crippen LogP contribution in [0.1, 0.15) is 15.9 Å². The van der Waals surface area contributed by atoms with E-state index in [0.717, 1.165) is 20.3 Å². The van der Waals surface area contributed by atoms with Gasteiger partial charge in [0.1, 0.15) is 5.56 Å². The maximum absolute atomic E-state index is 12.5. The molecule has 1 rings (SSSR count). The lowest BCUT2D eigenvalue weighted by Gasteiger charge is -2.16. The Labute approximate surface area is 130 Å². The Morgan fingerprint density at radius 2 is 1.91 bits per heavy atom. The number of ether oxygens (including phenoxy) is 2. The molecule has 0 heterocycles. The second-order valence-electron chi connectivity index (χ2n) is 4.14. The summed E-state index contributed by atoms with van der Waals surface area (Å²) in [6.07, 6.45) is 1.73. The lowest BCUT2D eigenvalue weighted by Crippen LogP contribution is -2.29. The number of allylic oxidation sites excluding steroid dienone is 1. The molecule has 0 radical (unpaired) electrons. The van der Waals surface area contributed by atoms with Gasteiger partial charge in [0, 0.05) is 0 Å². The van der Waals surface area contributed by atoms with Gasteiger partial charge in [-0.2, -0.15) is 21.6 Å². The average molecular weight is 354 g/mol. The summed E-state index contributed by atoms with van der Waals surface area (Å²) in [5, 5.41) is 0. The zero-order valence-corrected chi connectivity index (χ0v) is 13.0. The number of hydrogen-bond acceptors (Lipinski definition) is 6. The third kappa shape index (κ3) is 4.15. The van der Waals surface area contributed by atoms with Crippen LogP contribution in [0.15, 0.2) is 24.8 Å². The quantitative estimate of drug-likeness (QED) is 0.338. The molecule has 1 aromatic carbocycles. The first kappa shape index (κ1) is 18.8. The average Bonchev–Trinajstić information content (AvgIpc) is 2.46. The molecule has 0 amide bonds. The molecule has 0 saturated carbocycles. The molecule has 0 saturated heterocycles. The van der Waals surface area contributed by atoms with E-state index in [4.69, 9.17) is 4.74 Å². The van der Waals surface area contributed by atoms with Crippen LogP contribution in [0.25, 0.3) is 0 Å². The summed E-state index contributed by atoms with van der Waals surface area (Å²) in [6, 6.07) is 2.37. The Bertz CT molecular complexity index is 709. The molecule has 1 aromatic rings. The number of halogens is 3. The topological polar surface area (TPSA) is 78.9 Å². The van der Waals surface area contributed by atoms with Crippen molar-refractivity contribution >= 4 is 16.1 Å². The van der Waals surface area contributed by atoms with Crippen molar-refractivity contribution in [3.63, 3.8) is 0 Å². The van der Waals surface area contributed by atoms with Crippen molar-refractivity contribution < 1.29 is 40.0 Å². The molecule has 0 aliphatic rings. The number of rotatable bonds is 6. The van der Waals surface area contributed by atoms with Crippen molar-refractivity contribution in [2.45, 2.75) is 11.9 Å². The first-order valence-corrected chi connectivity index (χ1v) is 7.39. The van der Waals surface area contributed by atoms with Gasteiger partial charge in [0.2, 0.25) is 0 Å². The highest BCUT2D eigenvalue weighted by molar-refractivity contribution is 7.88. The normalized spacial score (nSPS) is 11.7. The summed E-state index contributed by atoms with van der Waals surface area (Å²) >= 11 is 0. The van der Waals surface area contributed by atoms with Gasteiger partial charge in [0.25, 0.3) is 0 Å². The fraction of sp³-hybridized carbons (Fsp3) is 0.308. The fourth-order valence-corrected chi connectivity index (χ4v) is 2.09. The van der Waals surface area contributed by atoms with Crippen LogP contribution in [0, 0.1) is 0 Å². The van der Waals surface area contributed by atoms with Crippen LogP contribution in [0.4, 0.5) is 13.2 Å². The highest BCUT2D eigenvalue weighted by Crippen LogP contribution is 2.37. The minimum Gasteiger partial charge on any atom is -0.493 e. The van der Waals surface area contributed by atoms with E-state index < -0.39 is 32.9 Å². The highest BCUT2D eigenvalue weighted by atomic mass is 32.2. The molecule has 0 aliphatic carbocycles.